The number of hydrogen-bond acceptors (Lipinski definition) is 7. The minimum atomic E-state index is 0.0928. The predicted molar refractivity (Wildman–Crippen MR) is 118 cm³/mol. The number of rotatable bonds is 6. The van der Waals surface area contributed by atoms with Crippen LogP contribution in [0.25, 0.3) is 10.9 Å². The van der Waals surface area contributed by atoms with Gasteiger partial charge in [-0.1, -0.05) is 6.42 Å². The number of hydrogen-bond donors (Lipinski definition) is 0. The van der Waals surface area contributed by atoms with Gasteiger partial charge in [0.25, 0.3) is 0 Å². The Labute approximate surface area is 179 Å². The molecule has 5 rings (SSSR count). The number of anilines is 1. The highest BCUT2D eigenvalue weighted by molar-refractivity contribution is 5.86. The van der Waals surface area contributed by atoms with E-state index in [2.05, 4.69) is 42.9 Å². The summed E-state index contributed by atoms with van der Waals surface area (Å²) in [6, 6.07) is 6.47. The first kappa shape index (κ1) is 20.0. The second kappa shape index (κ2) is 9.45. The van der Waals surface area contributed by atoms with Gasteiger partial charge in [0.1, 0.15) is 12.4 Å². The molecule has 162 valence electrons. The van der Waals surface area contributed by atoms with Crippen LogP contribution in [0.3, 0.4) is 0 Å². The maximum atomic E-state index is 6.13. The Morgan fingerprint density at radius 2 is 1.73 bits per heavy atom. The van der Waals surface area contributed by atoms with E-state index in [9.17, 15) is 0 Å². The predicted octanol–water partition coefficient (Wildman–Crippen LogP) is 2.41. The maximum Gasteiger partial charge on any atom is 0.224 e. The molecule has 3 fully saturated rings. The van der Waals surface area contributed by atoms with Crippen LogP contribution in [0.5, 0.6) is 5.88 Å². The van der Waals surface area contributed by atoms with Gasteiger partial charge in [-0.25, -0.2) is 9.97 Å². The zero-order valence-corrected chi connectivity index (χ0v) is 17.8. The molecule has 3 aliphatic rings. The number of ether oxygens (including phenoxy) is 2. The van der Waals surface area contributed by atoms with Crippen molar-refractivity contribution in [1.29, 1.82) is 0 Å². The molecule has 3 saturated heterocycles. The molecule has 0 saturated carbocycles. The van der Waals surface area contributed by atoms with Crippen molar-refractivity contribution in [3.05, 3.63) is 24.5 Å². The molecule has 0 spiro atoms. The molecule has 1 aromatic carbocycles. The summed E-state index contributed by atoms with van der Waals surface area (Å²) in [6.45, 7) is 10.8. The number of likely N-dealkylation sites (tertiary alicyclic amines) is 1. The molecule has 0 radical (unpaired) electrons. The molecule has 7 heteroatoms. The van der Waals surface area contributed by atoms with Crippen LogP contribution in [0.15, 0.2) is 24.5 Å². The molecular formula is C23H33N5O2. The van der Waals surface area contributed by atoms with Crippen molar-refractivity contribution in [1.82, 2.24) is 19.8 Å². The van der Waals surface area contributed by atoms with E-state index >= 15 is 0 Å². The van der Waals surface area contributed by atoms with Crippen LogP contribution in [0.4, 0.5) is 5.69 Å². The van der Waals surface area contributed by atoms with Crippen LogP contribution < -0.4 is 9.64 Å². The van der Waals surface area contributed by atoms with Gasteiger partial charge in [0.2, 0.25) is 5.88 Å². The van der Waals surface area contributed by atoms with E-state index in [1.807, 2.05) is 0 Å². The first-order valence-electron chi connectivity index (χ1n) is 11.5. The van der Waals surface area contributed by atoms with Gasteiger partial charge in [0.05, 0.1) is 24.1 Å². The lowest BCUT2D eigenvalue weighted by Crippen LogP contribution is -2.48. The number of fused-ring (bicyclic) bond motifs is 1. The third kappa shape index (κ3) is 4.68. The molecule has 3 aliphatic heterocycles. The molecule has 1 aromatic heterocycles. The van der Waals surface area contributed by atoms with Gasteiger partial charge in [-0.2, -0.15) is 0 Å². The van der Waals surface area contributed by atoms with Gasteiger partial charge in [-0.15, -0.1) is 0 Å². The second-order valence-corrected chi connectivity index (χ2v) is 8.71. The van der Waals surface area contributed by atoms with E-state index in [0.29, 0.717) is 12.5 Å². The van der Waals surface area contributed by atoms with E-state index < -0.39 is 0 Å². The quantitative estimate of drug-likeness (QED) is 0.723. The summed E-state index contributed by atoms with van der Waals surface area (Å²) in [7, 11) is 0. The van der Waals surface area contributed by atoms with E-state index in [1.54, 1.807) is 6.33 Å². The average molecular weight is 412 g/mol. The van der Waals surface area contributed by atoms with Crippen LogP contribution in [-0.4, -0.2) is 91.4 Å². The Morgan fingerprint density at radius 3 is 2.50 bits per heavy atom. The molecule has 0 N–H and O–H groups in total. The Kier molecular flexibility index (Phi) is 6.29. The van der Waals surface area contributed by atoms with Crippen molar-refractivity contribution >= 4 is 16.6 Å². The fourth-order valence-corrected chi connectivity index (χ4v) is 4.77. The number of piperidine rings is 1. The van der Waals surface area contributed by atoms with E-state index in [0.717, 1.165) is 50.1 Å². The molecule has 7 nitrogen and oxygen atoms in total. The molecule has 0 bridgehead atoms. The Balaban J connectivity index is 1.21. The van der Waals surface area contributed by atoms with Crippen molar-refractivity contribution < 1.29 is 9.47 Å². The third-order valence-corrected chi connectivity index (χ3v) is 6.67. The average Bonchev–Trinajstić information content (AvgIpc) is 3.32. The van der Waals surface area contributed by atoms with Crippen LogP contribution >= 0.6 is 0 Å². The Bertz CT molecular complexity index is 827. The van der Waals surface area contributed by atoms with Crippen LogP contribution in [0.1, 0.15) is 25.7 Å². The van der Waals surface area contributed by atoms with Gasteiger partial charge in [-0.3, -0.25) is 4.90 Å². The van der Waals surface area contributed by atoms with Crippen molar-refractivity contribution in [3.8, 4) is 5.88 Å². The second-order valence-electron chi connectivity index (χ2n) is 8.71. The minimum Gasteiger partial charge on any atom is -0.471 e. The number of piperazine rings is 1. The minimum absolute atomic E-state index is 0.0928. The molecule has 0 amide bonds. The van der Waals surface area contributed by atoms with Gasteiger partial charge >= 0.3 is 0 Å². The lowest BCUT2D eigenvalue weighted by Gasteiger charge is -2.37. The summed E-state index contributed by atoms with van der Waals surface area (Å²) in [5, 5.41) is 0.995. The smallest absolute Gasteiger partial charge is 0.224 e. The molecular weight excluding hydrogens is 378 g/mol. The normalized spacial score (nSPS) is 23.9. The fraction of sp³-hybridized carbons (Fsp3) is 0.652. The summed E-state index contributed by atoms with van der Waals surface area (Å²) in [4.78, 5) is 16.6. The fourth-order valence-electron chi connectivity index (χ4n) is 4.77. The van der Waals surface area contributed by atoms with Crippen molar-refractivity contribution in [2.24, 2.45) is 0 Å². The van der Waals surface area contributed by atoms with Crippen molar-refractivity contribution in [3.63, 3.8) is 0 Å². The van der Waals surface area contributed by atoms with Gasteiger partial charge in [0, 0.05) is 51.4 Å². The van der Waals surface area contributed by atoms with E-state index in [-0.39, 0.29) is 6.10 Å². The maximum absolute atomic E-state index is 6.13. The van der Waals surface area contributed by atoms with Crippen LogP contribution in [0, 0.1) is 0 Å². The SMILES string of the molecule is c1nc(OC2CCOC2)c2cc(N3CCN(CCN4CCCCC4)CC3)ccc2n1. The highest BCUT2D eigenvalue weighted by Crippen LogP contribution is 2.28. The molecule has 1 atom stereocenters. The highest BCUT2D eigenvalue weighted by atomic mass is 16.5. The molecule has 0 aliphatic carbocycles. The Hall–Kier alpha value is -1.96. The number of benzene rings is 1. The summed E-state index contributed by atoms with van der Waals surface area (Å²) in [5.74, 6) is 0.678. The standard InChI is InChI=1S/C23H33N5O2/c1-2-7-26(8-3-1)9-10-27-11-13-28(14-12-27)19-4-5-22-21(16-19)23(25-18-24-22)30-20-6-15-29-17-20/h4-5,16,18,20H,1-3,6-15,17H2. The summed E-state index contributed by atoms with van der Waals surface area (Å²) in [6.07, 6.45) is 6.76. The van der Waals surface area contributed by atoms with E-state index in [4.69, 9.17) is 9.47 Å². The zero-order valence-electron chi connectivity index (χ0n) is 17.8. The summed E-state index contributed by atoms with van der Waals surface area (Å²) in [5.41, 5.74) is 2.17. The molecule has 4 heterocycles. The number of aromatic nitrogens is 2. The molecule has 1 unspecified atom stereocenters. The summed E-state index contributed by atoms with van der Waals surface area (Å²) >= 11 is 0. The zero-order chi connectivity index (χ0) is 20.2. The largest absolute Gasteiger partial charge is 0.471 e. The van der Waals surface area contributed by atoms with Crippen LogP contribution in [-0.2, 0) is 4.74 Å². The van der Waals surface area contributed by atoms with Crippen LogP contribution in [0.2, 0.25) is 0 Å². The monoisotopic (exact) mass is 411 g/mol. The summed E-state index contributed by atoms with van der Waals surface area (Å²) < 4.78 is 11.6. The van der Waals surface area contributed by atoms with Gasteiger partial charge in [-0.05, 0) is 44.1 Å². The third-order valence-electron chi connectivity index (χ3n) is 6.67. The lowest BCUT2D eigenvalue weighted by atomic mass is 10.1. The van der Waals surface area contributed by atoms with Gasteiger partial charge in [0.15, 0.2) is 0 Å². The van der Waals surface area contributed by atoms with Gasteiger partial charge < -0.3 is 19.3 Å². The van der Waals surface area contributed by atoms with Crippen molar-refractivity contribution in [2.75, 3.05) is 70.5 Å². The van der Waals surface area contributed by atoms with Crippen molar-refractivity contribution in [2.45, 2.75) is 31.8 Å². The first-order chi connectivity index (χ1) is 14.8. The Morgan fingerprint density at radius 1 is 0.933 bits per heavy atom. The highest BCUT2D eigenvalue weighted by Gasteiger charge is 2.21. The van der Waals surface area contributed by atoms with E-state index in [1.165, 1.54) is 51.1 Å². The number of nitrogens with zero attached hydrogens (tertiary/aromatic N) is 5. The molecule has 30 heavy (non-hydrogen) atoms. The molecule has 2 aromatic rings. The first-order valence-corrected chi connectivity index (χ1v) is 11.5. The topological polar surface area (TPSA) is 54.0 Å². The lowest BCUT2D eigenvalue weighted by molar-refractivity contribution is 0.139.